The third-order valence-corrected chi connectivity index (χ3v) is 4.72. The van der Waals surface area contributed by atoms with Gasteiger partial charge in [0.1, 0.15) is 11.6 Å². The average molecular weight is 374 g/mol. The second-order valence-corrected chi connectivity index (χ2v) is 6.81. The molecule has 5 heteroatoms. The lowest BCUT2D eigenvalue weighted by molar-refractivity contribution is 0.629. The molecule has 142 valence electrons. The molecule has 1 aromatic heterocycles. The minimum Gasteiger partial charge on any atom is -0.338 e. The van der Waals surface area contributed by atoms with Crippen molar-refractivity contribution in [3.63, 3.8) is 0 Å². The maximum atomic E-state index is 13.4. The van der Waals surface area contributed by atoms with Crippen molar-refractivity contribution in [2.75, 3.05) is 20.1 Å². The fraction of sp³-hybridized carbons (Fsp3) is 0.174. The zero-order valence-corrected chi connectivity index (χ0v) is 15.8. The summed E-state index contributed by atoms with van der Waals surface area (Å²) < 4.78 is 13.4. The Kier molecular flexibility index (Phi) is 5.46. The molecule has 0 aliphatic heterocycles. The summed E-state index contributed by atoms with van der Waals surface area (Å²) in [4.78, 5) is 7.81. The van der Waals surface area contributed by atoms with Crippen molar-refractivity contribution in [3.8, 4) is 22.5 Å². The lowest BCUT2D eigenvalue weighted by Crippen LogP contribution is -2.24. The summed E-state index contributed by atoms with van der Waals surface area (Å²) in [7, 11) is 1.95. The first-order chi connectivity index (χ1) is 13.7. The minimum absolute atomic E-state index is 0.267. The number of H-pyrrole nitrogens is 1. The molecule has 3 aromatic carbocycles. The van der Waals surface area contributed by atoms with Crippen molar-refractivity contribution in [2.45, 2.75) is 6.54 Å². The lowest BCUT2D eigenvalue weighted by Gasteiger charge is -2.08. The van der Waals surface area contributed by atoms with Gasteiger partial charge in [-0.3, -0.25) is 0 Å². The zero-order valence-electron chi connectivity index (χ0n) is 15.8. The molecule has 3 N–H and O–H groups in total. The number of benzene rings is 3. The van der Waals surface area contributed by atoms with Gasteiger partial charge in [0, 0.05) is 25.2 Å². The maximum absolute atomic E-state index is 13.4. The molecular formula is C23H23FN4. The molecule has 4 nitrogen and oxygen atoms in total. The SMILES string of the molecule is CNCCNCc1cccc(-c2cccc(-c3nc4ccc(F)cc4[nH]3)c2)c1. The number of nitrogens with one attached hydrogen (secondary N) is 3. The molecule has 28 heavy (non-hydrogen) atoms. The molecule has 0 saturated carbocycles. The van der Waals surface area contributed by atoms with Crippen LogP contribution in [-0.2, 0) is 6.54 Å². The van der Waals surface area contributed by atoms with Gasteiger partial charge in [-0.05, 0) is 54.1 Å². The van der Waals surface area contributed by atoms with Crippen LogP contribution in [0.5, 0.6) is 0 Å². The molecule has 0 aliphatic rings. The van der Waals surface area contributed by atoms with Crippen LogP contribution in [0.2, 0.25) is 0 Å². The summed E-state index contributed by atoms with van der Waals surface area (Å²) in [6, 6.07) is 21.4. The molecule has 0 radical (unpaired) electrons. The number of fused-ring (bicyclic) bond motifs is 1. The van der Waals surface area contributed by atoms with Crippen molar-refractivity contribution in [3.05, 3.63) is 78.1 Å². The molecule has 0 atom stereocenters. The first kappa shape index (κ1) is 18.3. The van der Waals surface area contributed by atoms with E-state index >= 15 is 0 Å². The Labute approximate surface area is 163 Å². The largest absolute Gasteiger partial charge is 0.338 e. The van der Waals surface area contributed by atoms with Gasteiger partial charge in [0.2, 0.25) is 0 Å². The predicted molar refractivity (Wildman–Crippen MR) is 113 cm³/mol. The molecule has 0 spiro atoms. The summed E-state index contributed by atoms with van der Waals surface area (Å²) in [5.41, 5.74) is 5.98. The Balaban J connectivity index is 1.59. The molecule has 1 heterocycles. The second-order valence-electron chi connectivity index (χ2n) is 6.81. The molecule has 0 amide bonds. The topological polar surface area (TPSA) is 52.7 Å². The average Bonchev–Trinajstić information content (AvgIpc) is 3.15. The van der Waals surface area contributed by atoms with E-state index < -0.39 is 0 Å². The fourth-order valence-corrected chi connectivity index (χ4v) is 3.27. The van der Waals surface area contributed by atoms with Gasteiger partial charge in [0.05, 0.1) is 11.0 Å². The van der Waals surface area contributed by atoms with Crippen LogP contribution in [0.25, 0.3) is 33.5 Å². The summed E-state index contributed by atoms with van der Waals surface area (Å²) in [6.07, 6.45) is 0. The first-order valence-corrected chi connectivity index (χ1v) is 9.43. The number of nitrogens with zero attached hydrogens (tertiary/aromatic N) is 1. The van der Waals surface area contributed by atoms with Crippen LogP contribution in [0.1, 0.15) is 5.56 Å². The molecule has 4 rings (SSSR count). The Bertz CT molecular complexity index is 1090. The summed E-state index contributed by atoms with van der Waals surface area (Å²) in [6.45, 7) is 2.72. The van der Waals surface area contributed by atoms with Crippen LogP contribution in [-0.4, -0.2) is 30.1 Å². The summed E-state index contributed by atoms with van der Waals surface area (Å²) in [5.74, 6) is 0.476. The number of aromatic amines is 1. The third-order valence-electron chi connectivity index (χ3n) is 4.72. The van der Waals surface area contributed by atoms with E-state index in [0.717, 1.165) is 47.7 Å². The van der Waals surface area contributed by atoms with E-state index in [9.17, 15) is 4.39 Å². The number of hydrogen-bond acceptors (Lipinski definition) is 3. The maximum Gasteiger partial charge on any atom is 0.138 e. The van der Waals surface area contributed by atoms with E-state index in [1.807, 2.05) is 19.2 Å². The molecule has 0 saturated heterocycles. The van der Waals surface area contributed by atoms with Gasteiger partial charge in [-0.1, -0.05) is 36.4 Å². The predicted octanol–water partition coefficient (Wildman–Crippen LogP) is 4.35. The van der Waals surface area contributed by atoms with Crippen LogP contribution >= 0.6 is 0 Å². The fourth-order valence-electron chi connectivity index (χ4n) is 3.27. The highest BCUT2D eigenvalue weighted by Crippen LogP contribution is 2.27. The van der Waals surface area contributed by atoms with Crippen LogP contribution < -0.4 is 10.6 Å². The Morgan fingerprint density at radius 2 is 1.68 bits per heavy atom. The van der Waals surface area contributed by atoms with E-state index in [4.69, 9.17) is 0 Å². The van der Waals surface area contributed by atoms with E-state index in [1.165, 1.54) is 17.7 Å². The van der Waals surface area contributed by atoms with Crippen molar-refractivity contribution in [1.82, 2.24) is 20.6 Å². The molecule has 0 fully saturated rings. The van der Waals surface area contributed by atoms with Crippen molar-refractivity contribution < 1.29 is 4.39 Å². The van der Waals surface area contributed by atoms with Gasteiger partial charge in [0.15, 0.2) is 0 Å². The van der Waals surface area contributed by atoms with Gasteiger partial charge in [-0.15, -0.1) is 0 Å². The van der Waals surface area contributed by atoms with Crippen molar-refractivity contribution in [1.29, 1.82) is 0 Å². The molecule has 0 aliphatic carbocycles. The van der Waals surface area contributed by atoms with Gasteiger partial charge < -0.3 is 15.6 Å². The number of likely N-dealkylation sites (N-methyl/N-ethyl adjacent to an activating group) is 1. The highest BCUT2D eigenvalue weighted by atomic mass is 19.1. The number of rotatable bonds is 7. The van der Waals surface area contributed by atoms with E-state index in [-0.39, 0.29) is 5.82 Å². The number of imidazole rings is 1. The Hall–Kier alpha value is -3.02. The zero-order chi connectivity index (χ0) is 19.3. The first-order valence-electron chi connectivity index (χ1n) is 9.43. The van der Waals surface area contributed by atoms with Gasteiger partial charge in [-0.2, -0.15) is 0 Å². The van der Waals surface area contributed by atoms with Crippen molar-refractivity contribution >= 4 is 11.0 Å². The van der Waals surface area contributed by atoms with Crippen LogP contribution in [0.4, 0.5) is 4.39 Å². The van der Waals surface area contributed by atoms with Gasteiger partial charge in [-0.25, -0.2) is 9.37 Å². The number of aromatic nitrogens is 2. The summed E-state index contributed by atoms with van der Waals surface area (Å²) >= 11 is 0. The molecule has 0 bridgehead atoms. The minimum atomic E-state index is -0.267. The smallest absolute Gasteiger partial charge is 0.138 e. The molecule has 4 aromatic rings. The highest BCUT2D eigenvalue weighted by molar-refractivity contribution is 5.80. The number of hydrogen-bond donors (Lipinski definition) is 3. The Morgan fingerprint density at radius 3 is 2.54 bits per heavy atom. The highest BCUT2D eigenvalue weighted by Gasteiger charge is 2.08. The van der Waals surface area contributed by atoms with Gasteiger partial charge >= 0.3 is 0 Å². The monoisotopic (exact) mass is 374 g/mol. The molecule has 0 unspecified atom stereocenters. The van der Waals surface area contributed by atoms with Crippen LogP contribution in [0, 0.1) is 5.82 Å². The third kappa shape index (κ3) is 4.11. The van der Waals surface area contributed by atoms with Gasteiger partial charge in [0.25, 0.3) is 0 Å². The van der Waals surface area contributed by atoms with Crippen molar-refractivity contribution in [2.24, 2.45) is 0 Å². The number of halogens is 1. The van der Waals surface area contributed by atoms with E-state index in [0.29, 0.717) is 5.52 Å². The normalized spacial score (nSPS) is 11.2. The van der Waals surface area contributed by atoms with Crippen LogP contribution in [0.15, 0.2) is 66.7 Å². The second kappa shape index (κ2) is 8.33. The quantitative estimate of drug-likeness (QED) is 0.422. The lowest BCUT2D eigenvalue weighted by atomic mass is 10.0. The van der Waals surface area contributed by atoms with E-state index in [2.05, 4.69) is 57.0 Å². The Morgan fingerprint density at radius 1 is 0.893 bits per heavy atom. The van der Waals surface area contributed by atoms with E-state index in [1.54, 1.807) is 6.07 Å². The van der Waals surface area contributed by atoms with Crippen LogP contribution in [0.3, 0.4) is 0 Å². The summed E-state index contributed by atoms with van der Waals surface area (Å²) in [5, 5.41) is 6.56. The molecular weight excluding hydrogens is 351 g/mol. The standard InChI is InChI=1S/C23H23FN4/c1-25-10-11-26-15-16-4-2-5-17(12-16)18-6-3-7-19(13-18)23-27-21-9-8-20(24)14-22(21)28-23/h2-9,12-14,25-26H,10-11,15H2,1H3,(H,27,28).